The van der Waals surface area contributed by atoms with E-state index in [0.29, 0.717) is 6.32 Å². The Labute approximate surface area is 44.3 Å². The molecule has 0 amide bonds. The van der Waals surface area contributed by atoms with Gasteiger partial charge in [0.15, 0.2) is 0 Å². The molecule has 0 aliphatic rings. The topological polar surface area (TPSA) is 40.5 Å². The summed E-state index contributed by atoms with van der Waals surface area (Å²) >= 11 is 0. The molecule has 0 fully saturated rings. The first-order valence-corrected chi connectivity index (χ1v) is 2.60. The van der Waals surface area contributed by atoms with E-state index in [4.69, 9.17) is 10.1 Å². The van der Waals surface area contributed by atoms with Crippen LogP contribution in [0.1, 0.15) is 13.3 Å². The van der Waals surface area contributed by atoms with Gasteiger partial charge in [-0.1, -0.05) is 13.3 Å². The fourth-order valence-corrected chi connectivity index (χ4v) is 0.425. The Bertz CT molecular complexity index is 40.7. The first kappa shape index (κ1) is 6.98. The molecule has 0 rings (SSSR count). The molecule has 0 bridgehead atoms. The average molecular weight is 102 g/mol. The van der Waals surface area contributed by atoms with Crippen molar-refractivity contribution in [3.05, 3.63) is 0 Å². The fourth-order valence-electron chi connectivity index (χ4n) is 0.425. The van der Waals surface area contributed by atoms with E-state index < -0.39 is 6.92 Å². The molecule has 0 aromatic heterocycles. The lowest BCUT2D eigenvalue weighted by Crippen LogP contribution is -2.16. The highest BCUT2D eigenvalue weighted by Crippen LogP contribution is 1.90. The largest absolute Gasteiger partial charge is 0.449 e. The Morgan fingerprint density at radius 2 is 2.14 bits per heavy atom. The van der Waals surface area contributed by atoms with Crippen molar-refractivity contribution in [2.45, 2.75) is 19.7 Å². The van der Waals surface area contributed by atoms with E-state index >= 15 is 0 Å². The van der Waals surface area contributed by atoms with Gasteiger partial charge in [-0.25, -0.2) is 0 Å². The van der Waals surface area contributed by atoms with Crippen molar-refractivity contribution >= 4 is 6.92 Å². The van der Waals surface area contributed by atoms with Gasteiger partial charge in [0.1, 0.15) is 0 Å². The molecule has 0 aromatic rings. The highest BCUT2D eigenvalue weighted by atomic mass is 16.3. The van der Waals surface area contributed by atoms with Gasteiger partial charge in [0.25, 0.3) is 0 Å². The molecule has 0 saturated carbocycles. The van der Waals surface area contributed by atoms with Crippen LogP contribution in [0.2, 0.25) is 6.32 Å². The van der Waals surface area contributed by atoms with Crippen LogP contribution in [0.3, 0.4) is 0 Å². The fraction of sp³-hybridized carbons (Fsp3) is 1.00. The van der Waals surface area contributed by atoms with E-state index in [1.54, 1.807) is 0 Å². The van der Waals surface area contributed by atoms with Gasteiger partial charge in [0.05, 0.1) is 0 Å². The number of aliphatic hydroxyl groups is 1. The summed E-state index contributed by atoms with van der Waals surface area (Å²) in [6, 6.07) is 0. The van der Waals surface area contributed by atoms with Crippen molar-refractivity contribution < 1.29 is 10.1 Å². The van der Waals surface area contributed by atoms with Crippen LogP contribution in [0.25, 0.3) is 0 Å². The van der Waals surface area contributed by atoms with Crippen LogP contribution in [0.5, 0.6) is 0 Å². The third-order valence-corrected chi connectivity index (χ3v) is 0.833. The average Bonchev–Trinajstić information content (AvgIpc) is 1.68. The summed E-state index contributed by atoms with van der Waals surface area (Å²) in [4.78, 5) is 0. The molecule has 3 heteroatoms. The molecule has 2 N–H and O–H groups in total. The van der Waals surface area contributed by atoms with Crippen LogP contribution >= 0.6 is 0 Å². The normalized spacial score (nSPS) is 9.00. The first-order chi connectivity index (χ1) is 3.31. The predicted molar refractivity (Wildman–Crippen MR) is 30.2 cm³/mol. The Kier molecular flexibility index (Phi) is 4.14. The minimum Gasteiger partial charge on any atom is -0.449 e. The monoisotopic (exact) mass is 102 g/mol. The molecule has 0 aromatic carbocycles. The molecule has 0 unspecified atom stereocenters. The van der Waals surface area contributed by atoms with Crippen molar-refractivity contribution in [3.63, 3.8) is 0 Å². The summed E-state index contributed by atoms with van der Waals surface area (Å²) in [6.45, 7) is 1.37. The molecule has 0 aliphatic carbocycles. The van der Waals surface area contributed by atoms with Gasteiger partial charge in [-0.15, -0.1) is 0 Å². The lowest BCUT2D eigenvalue weighted by atomic mass is 9.66. The Morgan fingerprint density at radius 1 is 1.57 bits per heavy atom. The summed E-state index contributed by atoms with van der Waals surface area (Å²) in [5, 5.41) is 16.8. The highest BCUT2D eigenvalue weighted by molar-refractivity contribution is 6.49. The Balaban J connectivity index is 2.83. The maximum absolute atomic E-state index is 8.61. The van der Waals surface area contributed by atoms with Gasteiger partial charge in [-0.2, -0.15) is 0 Å². The standard InChI is InChI=1S/C4H11BO2/c1-2-3-5(7)4-6/h6-7H,2-4H2,1H3. The maximum atomic E-state index is 8.61. The van der Waals surface area contributed by atoms with Crippen LogP contribution in [0, 0.1) is 0 Å². The van der Waals surface area contributed by atoms with Crippen LogP contribution in [-0.4, -0.2) is 23.6 Å². The van der Waals surface area contributed by atoms with Crippen molar-refractivity contribution in [1.29, 1.82) is 0 Å². The number of hydrogen-bond donors (Lipinski definition) is 2. The van der Waals surface area contributed by atoms with E-state index in [0.717, 1.165) is 6.42 Å². The highest BCUT2D eigenvalue weighted by Gasteiger charge is 2.04. The van der Waals surface area contributed by atoms with Crippen molar-refractivity contribution in [1.82, 2.24) is 0 Å². The molecule has 7 heavy (non-hydrogen) atoms. The van der Waals surface area contributed by atoms with Gasteiger partial charge in [-0.3, -0.25) is 0 Å². The molecule has 42 valence electrons. The van der Waals surface area contributed by atoms with Gasteiger partial charge >= 0.3 is 6.92 Å². The second-order valence-corrected chi connectivity index (χ2v) is 1.63. The Morgan fingerprint density at radius 3 is 2.29 bits per heavy atom. The lowest BCUT2D eigenvalue weighted by Gasteiger charge is -1.95. The summed E-state index contributed by atoms with van der Waals surface area (Å²) in [5.74, 6) is 0. The SMILES string of the molecule is CCCB(O)CO. The summed E-state index contributed by atoms with van der Waals surface area (Å²) in [6.07, 6.45) is 1.64. The summed E-state index contributed by atoms with van der Waals surface area (Å²) < 4.78 is 0. The molecular weight excluding hydrogens is 90.9 g/mol. The third kappa shape index (κ3) is 3.82. The van der Waals surface area contributed by atoms with E-state index in [1.165, 1.54) is 0 Å². The molecule has 0 aliphatic heterocycles. The summed E-state index contributed by atoms with van der Waals surface area (Å²) in [7, 11) is 0. The van der Waals surface area contributed by atoms with E-state index in [9.17, 15) is 0 Å². The zero-order valence-electron chi connectivity index (χ0n) is 4.59. The lowest BCUT2D eigenvalue weighted by molar-refractivity contribution is 0.338. The molecule has 0 atom stereocenters. The predicted octanol–water partition coefficient (Wildman–Crippen LogP) is -0.0883. The van der Waals surface area contributed by atoms with Crippen molar-refractivity contribution in [2.24, 2.45) is 0 Å². The van der Waals surface area contributed by atoms with E-state index in [-0.39, 0.29) is 6.51 Å². The van der Waals surface area contributed by atoms with E-state index in [2.05, 4.69) is 0 Å². The molecule has 0 radical (unpaired) electrons. The zero-order chi connectivity index (χ0) is 5.70. The van der Waals surface area contributed by atoms with Crippen LogP contribution < -0.4 is 0 Å². The zero-order valence-corrected chi connectivity index (χ0v) is 4.59. The molecule has 0 spiro atoms. The van der Waals surface area contributed by atoms with E-state index in [1.807, 2.05) is 6.92 Å². The van der Waals surface area contributed by atoms with Gasteiger partial charge in [-0.05, 0) is 6.32 Å². The third-order valence-electron chi connectivity index (χ3n) is 0.833. The molecular formula is C4H11BO2. The van der Waals surface area contributed by atoms with Crippen LogP contribution in [0.4, 0.5) is 0 Å². The second kappa shape index (κ2) is 4.15. The minimum absolute atomic E-state index is 0.103. The first-order valence-electron chi connectivity index (χ1n) is 2.60. The molecule has 0 saturated heterocycles. The smallest absolute Gasteiger partial charge is 0.315 e. The van der Waals surface area contributed by atoms with Crippen LogP contribution in [0.15, 0.2) is 0 Å². The quantitative estimate of drug-likeness (QED) is 0.489. The maximum Gasteiger partial charge on any atom is 0.315 e. The van der Waals surface area contributed by atoms with Gasteiger partial charge in [0, 0.05) is 6.51 Å². The summed E-state index contributed by atoms with van der Waals surface area (Å²) in [5.41, 5.74) is 0. The number of rotatable bonds is 3. The number of aliphatic hydroxyl groups excluding tert-OH is 1. The molecule has 0 heterocycles. The second-order valence-electron chi connectivity index (χ2n) is 1.63. The minimum atomic E-state index is -0.495. The molecule has 2 nitrogen and oxygen atoms in total. The van der Waals surface area contributed by atoms with Crippen molar-refractivity contribution in [3.8, 4) is 0 Å². The number of hydrogen-bond acceptors (Lipinski definition) is 2. The Hall–Kier alpha value is -0.0151. The van der Waals surface area contributed by atoms with Crippen molar-refractivity contribution in [2.75, 3.05) is 6.51 Å². The van der Waals surface area contributed by atoms with Gasteiger partial charge < -0.3 is 10.1 Å². The van der Waals surface area contributed by atoms with Crippen LogP contribution in [-0.2, 0) is 0 Å². The van der Waals surface area contributed by atoms with Gasteiger partial charge in [0.2, 0.25) is 0 Å².